The van der Waals surface area contributed by atoms with Crippen LogP contribution in [0.3, 0.4) is 0 Å². The van der Waals surface area contributed by atoms with Gasteiger partial charge in [-0.3, -0.25) is 9.69 Å². The van der Waals surface area contributed by atoms with Crippen LogP contribution in [0.2, 0.25) is 0 Å². The molecule has 2 rings (SSSR count). The summed E-state index contributed by atoms with van der Waals surface area (Å²) in [4.78, 5) is 14.3. The molecule has 4 heteroatoms. The zero-order chi connectivity index (χ0) is 13.0. The summed E-state index contributed by atoms with van der Waals surface area (Å²) in [6.45, 7) is 5.72. The average molecular weight is 254 g/mol. The molecule has 0 aromatic heterocycles. The molecule has 0 aromatic carbocycles. The van der Waals surface area contributed by atoms with E-state index in [1.807, 2.05) is 0 Å². The van der Waals surface area contributed by atoms with Crippen molar-refractivity contribution in [1.82, 2.24) is 10.2 Å². The van der Waals surface area contributed by atoms with Gasteiger partial charge < -0.3 is 10.4 Å². The standard InChI is InChI=1S/C14H26N2O2/c1-2-12-11-15-8-7-14(12,13(17)18)16-9-5-3-4-6-10-16/h12,15H,2-11H2,1H3,(H,17,18). The number of nitrogens with zero attached hydrogens (tertiary/aromatic N) is 1. The molecule has 2 aliphatic heterocycles. The number of hydrogen-bond acceptors (Lipinski definition) is 3. The Balaban J connectivity index is 2.25. The molecule has 0 aliphatic carbocycles. The lowest BCUT2D eigenvalue weighted by Crippen LogP contribution is -2.65. The lowest BCUT2D eigenvalue weighted by atomic mass is 9.75. The second-order valence-electron chi connectivity index (χ2n) is 5.69. The van der Waals surface area contributed by atoms with Crippen LogP contribution in [0.15, 0.2) is 0 Å². The molecule has 2 unspecified atom stereocenters. The second-order valence-corrected chi connectivity index (χ2v) is 5.69. The number of carboxylic acid groups (broad SMARTS) is 1. The predicted octanol–water partition coefficient (Wildman–Crippen LogP) is 1.71. The molecule has 0 aromatic rings. The summed E-state index contributed by atoms with van der Waals surface area (Å²) in [6.07, 6.45) is 6.50. The molecule has 0 radical (unpaired) electrons. The highest BCUT2D eigenvalue weighted by molar-refractivity contribution is 5.79. The first-order chi connectivity index (χ1) is 8.71. The largest absolute Gasteiger partial charge is 0.480 e. The third kappa shape index (κ3) is 2.41. The van der Waals surface area contributed by atoms with Gasteiger partial charge in [0.2, 0.25) is 0 Å². The normalized spacial score (nSPS) is 35.1. The van der Waals surface area contributed by atoms with Gasteiger partial charge in [0.1, 0.15) is 5.54 Å². The summed E-state index contributed by atoms with van der Waals surface area (Å²) in [6, 6.07) is 0. The maximum atomic E-state index is 12.0. The molecule has 104 valence electrons. The zero-order valence-electron chi connectivity index (χ0n) is 11.5. The van der Waals surface area contributed by atoms with E-state index in [4.69, 9.17) is 0 Å². The van der Waals surface area contributed by atoms with Crippen molar-refractivity contribution in [2.45, 2.75) is 51.0 Å². The third-order valence-corrected chi connectivity index (χ3v) is 4.78. The molecular weight excluding hydrogens is 228 g/mol. The van der Waals surface area contributed by atoms with Gasteiger partial charge in [-0.1, -0.05) is 19.8 Å². The van der Waals surface area contributed by atoms with Crippen LogP contribution in [-0.4, -0.2) is 47.7 Å². The van der Waals surface area contributed by atoms with Gasteiger partial charge in [0.25, 0.3) is 0 Å². The minimum absolute atomic E-state index is 0.238. The summed E-state index contributed by atoms with van der Waals surface area (Å²) >= 11 is 0. The van der Waals surface area contributed by atoms with E-state index in [2.05, 4.69) is 17.1 Å². The van der Waals surface area contributed by atoms with Crippen molar-refractivity contribution in [2.75, 3.05) is 26.2 Å². The lowest BCUT2D eigenvalue weighted by Gasteiger charge is -2.48. The summed E-state index contributed by atoms with van der Waals surface area (Å²) in [5, 5.41) is 13.2. The van der Waals surface area contributed by atoms with Gasteiger partial charge in [0, 0.05) is 12.5 Å². The summed E-state index contributed by atoms with van der Waals surface area (Å²) < 4.78 is 0. The van der Waals surface area contributed by atoms with Gasteiger partial charge in [-0.25, -0.2) is 0 Å². The summed E-state index contributed by atoms with van der Waals surface area (Å²) in [5.74, 6) is -0.361. The van der Waals surface area contributed by atoms with Crippen molar-refractivity contribution >= 4 is 5.97 Å². The molecule has 18 heavy (non-hydrogen) atoms. The van der Waals surface area contributed by atoms with Crippen LogP contribution < -0.4 is 5.32 Å². The quantitative estimate of drug-likeness (QED) is 0.805. The fraction of sp³-hybridized carbons (Fsp3) is 0.929. The molecule has 2 fully saturated rings. The molecule has 0 saturated carbocycles. The zero-order valence-corrected chi connectivity index (χ0v) is 11.5. The maximum Gasteiger partial charge on any atom is 0.324 e. The fourth-order valence-electron chi connectivity index (χ4n) is 3.71. The SMILES string of the molecule is CCC1CNCCC1(C(=O)O)N1CCCCCC1. The molecule has 2 aliphatic rings. The van der Waals surface area contributed by atoms with E-state index >= 15 is 0 Å². The Bertz CT molecular complexity index is 288. The minimum Gasteiger partial charge on any atom is -0.480 e. The van der Waals surface area contributed by atoms with E-state index in [1.165, 1.54) is 12.8 Å². The number of carbonyl (C=O) groups is 1. The Morgan fingerprint density at radius 3 is 2.56 bits per heavy atom. The molecule has 2 heterocycles. The van der Waals surface area contributed by atoms with E-state index in [0.29, 0.717) is 0 Å². The number of carboxylic acids is 1. The fourth-order valence-corrected chi connectivity index (χ4v) is 3.71. The third-order valence-electron chi connectivity index (χ3n) is 4.78. The molecule has 4 nitrogen and oxygen atoms in total. The van der Waals surface area contributed by atoms with Crippen molar-refractivity contribution in [2.24, 2.45) is 5.92 Å². The van der Waals surface area contributed by atoms with E-state index in [9.17, 15) is 9.90 Å². The van der Waals surface area contributed by atoms with E-state index in [-0.39, 0.29) is 5.92 Å². The Kier molecular flexibility index (Phi) is 4.62. The number of aliphatic carboxylic acids is 1. The lowest BCUT2D eigenvalue weighted by molar-refractivity contribution is -0.158. The van der Waals surface area contributed by atoms with Crippen molar-refractivity contribution in [1.29, 1.82) is 0 Å². The topological polar surface area (TPSA) is 52.6 Å². The van der Waals surface area contributed by atoms with Gasteiger partial charge in [-0.05, 0) is 45.3 Å². The first kappa shape index (κ1) is 13.8. The number of hydrogen-bond donors (Lipinski definition) is 2. The van der Waals surface area contributed by atoms with Gasteiger partial charge in [0.05, 0.1) is 0 Å². The van der Waals surface area contributed by atoms with Crippen molar-refractivity contribution < 1.29 is 9.90 Å². The van der Waals surface area contributed by atoms with Gasteiger partial charge in [-0.15, -0.1) is 0 Å². The van der Waals surface area contributed by atoms with Crippen LogP contribution in [0, 0.1) is 5.92 Å². The number of likely N-dealkylation sites (tertiary alicyclic amines) is 1. The van der Waals surface area contributed by atoms with E-state index in [0.717, 1.165) is 51.9 Å². The molecule has 2 saturated heterocycles. The van der Waals surface area contributed by atoms with E-state index < -0.39 is 11.5 Å². The second kappa shape index (κ2) is 6.02. The van der Waals surface area contributed by atoms with Crippen LogP contribution in [0.4, 0.5) is 0 Å². The first-order valence-electron chi connectivity index (χ1n) is 7.41. The van der Waals surface area contributed by atoms with Crippen molar-refractivity contribution in [3.63, 3.8) is 0 Å². The predicted molar refractivity (Wildman–Crippen MR) is 71.7 cm³/mol. The number of piperidine rings is 1. The first-order valence-corrected chi connectivity index (χ1v) is 7.41. The molecule has 2 atom stereocenters. The Morgan fingerprint density at radius 1 is 1.33 bits per heavy atom. The van der Waals surface area contributed by atoms with Gasteiger partial charge >= 0.3 is 5.97 Å². The van der Waals surface area contributed by atoms with Crippen molar-refractivity contribution in [3.8, 4) is 0 Å². The van der Waals surface area contributed by atoms with E-state index in [1.54, 1.807) is 0 Å². The number of rotatable bonds is 3. The Hall–Kier alpha value is -0.610. The molecule has 0 amide bonds. The van der Waals surface area contributed by atoms with Crippen LogP contribution in [0.1, 0.15) is 45.4 Å². The van der Waals surface area contributed by atoms with Crippen molar-refractivity contribution in [3.05, 3.63) is 0 Å². The highest BCUT2D eigenvalue weighted by Gasteiger charge is 2.50. The van der Waals surface area contributed by atoms with Crippen LogP contribution in [0.25, 0.3) is 0 Å². The monoisotopic (exact) mass is 254 g/mol. The maximum absolute atomic E-state index is 12.0. The molecule has 0 bridgehead atoms. The molecule has 0 spiro atoms. The Morgan fingerprint density at radius 2 is 2.00 bits per heavy atom. The smallest absolute Gasteiger partial charge is 0.324 e. The average Bonchev–Trinajstić information content (AvgIpc) is 2.67. The highest BCUT2D eigenvalue weighted by Crippen LogP contribution is 2.35. The highest BCUT2D eigenvalue weighted by atomic mass is 16.4. The number of nitrogens with one attached hydrogen (secondary N) is 1. The molecular formula is C14H26N2O2. The van der Waals surface area contributed by atoms with Gasteiger partial charge in [-0.2, -0.15) is 0 Å². The minimum atomic E-state index is -0.607. The van der Waals surface area contributed by atoms with Gasteiger partial charge in [0.15, 0.2) is 0 Å². The van der Waals surface area contributed by atoms with Crippen LogP contribution in [0.5, 0.6) is 0 Å². The summed E-state index contributed by atoms with van der Waals surface area (Å²) in [7, 11) is 0. The van der Waals surface area contributed by atoms with Crippen LogP contribution >= 0.6 is 0 Å². The summed E-state index contributed by atoms with van der Waals surface area (Å²) in [5.41, 5.74) is -0.607. The Labute approximate surface area is 110 Å². The van der Waals surface area contributed by atoms with Crippen LogP contribution in [-0.2, 0) is 4.79 Å². The molecule has 2 N–H and O–H groups in total.